The normalized spacial score (nSPS) is 14.9. The molecule has 1 N–H and O–H groups in total. The highest BCUT2D eigenvalue weighted by Gasteiger charge is 2.24. The number of nitrogens with one attached hydrogen (secondary N) is 1. The zero-order valence-electron chi connectivity index (χ0n) is 7.00. The second kappa shape index (κ2) is 2.62. The third kappa shape index (κ3) is 1.47. The Bertz CT molecular complexity index is 301. The minimum Gasteiger partial charge on any atom is -0.339 e. The third-order valence-electron chi connectivity index (χ3n) is 1.89. The molecule has 2 rings (SSSR count). The van der Waals surface area contributed by atoms with Gasteiger partial charge in [0.25, 0.3) is 0 Å². The first-order valence-corrected chi connectivity index (χ1v) is 4.04. The number of aryl methyl sites for hydroxylation is 1. The Balaban J connectivity index is 1.98. The molecule has 2 heterocycles. The van der Waals surface area contributed by atoms with Crippen molar-refractivity contribution in [1.82, 2.24) is 15.1 Å². The first-order chi connectivity index (χ1) is 5.75. The summed E-state index contributed by atoms with van der Waals surface area (Å²) in [6.07, 6.45) is 0.435. The van der Waals surface area contributed by atoms with Crippen molar-refractivity contribution in [2.75, 3.05) is 13.1 Å². The molecule has 12 heavy (non-hydrogen) atoms. The van der Waals surface area contributed by atoms with E-state index in [2.05, 4.69) is 10.2 Å². The van der Waals surface area contributed by atoms with Crippen LogP contribution in [0.2, 0.25) is 0 Å². The predicted octanol–water partition coefficient (Wildman–Crippen LogP) is 0.103. The van der Waals surface area contributed by atoms with E-state index in [1.807, 2.05) is 17.9 Å². The van der Waals surface area contributed by atoms with Crippen LogP contribution in [0, 0.1) is 6.92 Å². The molecular formula is C8H11N3O. The van der Waals surface area contributed by atoms with Crippen LogP contribution in [0.1, 0.15) is 11.4 Å². The fraction of sp³-hybridized carbons (Fsp3) is 0.500. The van der Waals surface area contributed by atoms with Gasteiger partial charge in [0, 0.05) is 18.8 Å². The molecule has 4 nitrogen and oxygen atoms in total. The van der Waals surface area contributed by atoms with Gasteiger partial charge in [-0.05, 0) is 13.0 Å². The number of carbonyl (C=O) groups is 1. The minimum atomic E-state index is 0.182. The Labute approximate surface area is 70.6 Å². The molecule has 4 heteroatoms. The number of rotatable bonds is 2. The third-order valence-corrected chi connectivity index (χ3v) is 1.89. The lowest BCUT2D eigenvalue weighted by atomic mass is 10.3. The molecule has 1 aromatic heterocycles. The summed E-state index contributed by atoms with van der Waals surface area (Å²) >= 11 is 0. The largest absolute Gasteiger partial charge is 0.339 e. The molecule has 0 radical (unpaired) electrons. The second-order valence-electron chi connectivity index (χ2n) is 3.10. The zero-order chi connectivity index (χ0) is 8.55. The Morgan fingerprint density at radius 1 is 1.75 bits per heavy atom. The summed E-state index contributed by atoms with van der Waals surface area (Å²) in [6.45, 7) is 3.77. The van der Waals surface area contributed by atoms with Crippen molar-refractivity contribution in [1.29, 1.82) is 0 Å². The van der Waals surface area contributed by atoms with Crippen LogP contribution >= 0.6 is 0 Å². The van der Waals surface area contributed by atoms with Crippen LogP contribution in [0.15, 0.2) is 6.07 Å². The number of aromatic nitrogens is 2. The van der Waals surface area contributed by atoms with Gasteiger partial charge in [0.2, 0.25) is 5.91 Å². The smallest absolute Gasteiger partial charge is 0.228 e. The van der Waals surface area contributed by atoms with Crippen LogP contribution < -0.4 is 0 Å². The maximum atomic E-state index is 11.3. The van der Waals surface area contributed by atoms with Gasteiger partial charge in [-0.2, -0.15) is 5.10 Å². The van der Waals surface area contributed by atoms with Gasteiger partial charge in [-0.1, -0.05) is 0 Å². The molecule has 1 saturated heterocycles. The number of nitrogens with zero attached hydrogens (tertiary/aromatic N) is 2. The van der Waals surface area contributed by atoms with Crippen LogP contribution in [-0.2, 0) is 11.2 Å². The highest BCUT2D eigenvalue weighted by atomic mass is 16.2. The molecule has 64 valence electrons. The lowest BCUT2D eigenvalue weighted by Gasteiger charge is -1.96. The number of amides is 1. The monoisotopic (exact) mass is 165 g/mol. The van der Waals surface area contributed by atoms with E-state index in [1.54, 1.807) is 0 Å². The van der Waals surface area contributed by atoms with Gasteiger partial charge < -0.3 is 4.90 Å². The maximum Gasteiger partial charge on any atom is 0.228 e. The number of carbonyl (C=O) groups excluding carboxylic acids is 1. The Hall–Kier alpha value is -1.32. The summed E-state index contributed by atoms with van der Waals surface area (Å²) in [5.74, 6) is 0.182. The molecule has 1 aliphatic rings. The summed E-state index contributed by atoms with van der Waals surface area (Å²) in [4.78, 5) is 13.1. The molecule has 0 aromatic carbocycles. The summed E-state index contributed by atoms with van der Waals surface area (Å²) in [7, 11) is 0. The Morgan fingerprint density at radius 3 is 3.00 bits per heavy atom. The molecular weight excluding hydrogens is 154 g/mol. The molecule has 0 bridgehead atoms. The van der Waals surface area contributed by atoms with Crippen molar-refractivity contribution < 1.29 is 4.79 Å². The Morgan fingerprint density at radius 2 is 2.50 bits per heavy atom. The van der Waals surface area contributed by atoms with E-state index in [1.165, 1.54) is 0 Å². The fourth-order valence-electron chi connectivity index (χ4n) is 1.13. The van der Waals surface area contributed by atoms with Gasteiger partial charge in [0.1, 0.15) is 0 Å². The first kappa shape index (κ1) is 7.34. The lowest BCUT2D eigenvalue weighted by molar-refractivity contribution is -0.125. The highest BCUT2D eigenvalue weighted by Crippen LogP contribution is 2.08. The molecule has 1 fully saturated rings. The maximum absolute atomic E-state index is 11.3. The summed E-state index contributed by atoms with van der Waals surface area (Å²) in [5, 5.41) is 6.81. The van der Waals surface area contributed by atoms with E-state index >= 15 is 0 Å². The van der Waals surface area contributed by atoms with Crippen LogP contribution in [0.4, 0.5) is 0 Å². The highest BCUT2D eigenvalue weighted by molar-refractivity contribution is 5.80. The van der Waals surface area contributed by atoms with Gasteiger partial charge in [0.05, 0.1) is 12.1 Å². The van der Waals surface area contributed by atoms with Crippen molar-refractivity contribution in [3.05, 3.63) is 17.5 Å². The SMILES string of the molecule is Cc1cc(CC(=O)N2CC2)n[nH]1. The quantitative estimate of drug-likeness (QED) is 0.632. The van der Waals surface area contributed by atoms with Gasteiger partial charge in [0.15, 0.2) is 0 Å². The number of hydrogen-bond acceptors (Lipinski definition) is 2. The van der Waals surface area contributed by atoms with Crippen molar-refractivity contribution in [2.24, 2.45) is 0 Å². The number of aromatic amines is 1. The number of hydrogen-bond donors (Lipinski definition) is 1. The molecule has 0 spiro atoms. The van der Waals surface area contributed by atoms with E-state index in [4.69, 9.17) is 0 Å². The molecule has 0 unspecified atom stereocenters. The predicted molar refractivity (Wildman–Crippen MR) is 43.6 cm³/mol. The van der Waals surface area contributed by atoms with Crippen LogP contribution in [0.25, 0.3) is 0 Å². The zero-order valence-corrected chi connectivity index (χ0v) is 7.00. The van der Waals surface area contributed by atoms with E-state index < -0.39 is 0 Å². The first-order valence-electron chi connectivity index (χ1n) is 4.04. The molecule has 0 aliphatic carbocycles. The van der Waals surface area contributed by atoms with Gasteiger partial charge >= 0.3 is 0 Å². The van der Waals surface area contributed by atoms with E-state index in [9.17, 15) is 4.79 Å². The molecule has 1 aliphatic heterocycles. The van der Waals surface area contributed by atoms with E-state index in [0.29, 0.717) is 6.42 Å². The summed E-state index contributed by atoms with van der Waals surface area (Å²) in [6, 6.07) is 1.90. The fourth-order valence-corrected chi connectivity index (χ4v) is 1.13. The summed E-state index contributed by atoms with van der Waals surface area (Å²) < 4.78 is 0. The van der Waals surface area contributed by atoms with Crippen molar-refractivity contribution >= 4 is 5.91 Å². The molecule has 0 atom stereocenters. The topological polar surface area (TPSA) is 48.8 Å². The minimum absolute atomic E-state index is 0.182. The molecule has 1 aromatic rings. The van der Waals surface area contributed by atoms with E-state index in [0.717, 1.165) is 24.5 Å². The van der Waals surface area contributed by atoms with Crippen molar-refractivity contribution in [2.45, 2.75) is 13.3 Å². The molecule has 0 saturated carbocycles. The average Bonchev–Trinajstić information content (AvgIpc) is 2.78. The summed E-state index contributed by atoms with van der Waals surface area (Å²) in [5.41, 5.74) is 1.84. The van der Waals surface area contributed by atoms with Gasteiger partial charge in [-0.25, -0.2) is 0 Å². The van der Waals surface area contributed by atoms with E-state index in [-0.39, 0.29) is 5.91 Å². The standard InChI is InChI=1S/C8H11N3O/c1-6-4-7(10-9-6)5-8(12)11-2-3-11/h4H,2-3,5H2,1H3,(H,9,10). The van der Waals surface area contributed by atoms with Crippen molar-refractivity contribution in [3.63, 3.8) is 0 Å². The van der Waals surface area contributed by atoms with Crippen LogP contribution in [0.5, 0.6) is 0 Å². The van der Waals surface area contributed by atoms with Crippen LogP contribution in [0.3, 0.4) is 0 Å². The number of H-pyrrole nitrogens is 1. The van der Waals surface area contributed by atoms with Gasteiger partial charge in [-0.15, -0.1) is 0 Å². The van der Waals surface area contributed by atoms with Crippen LogP contribution in [-0.4, -0.2) is 34.1 Å². The van der Waals surface area contributed by atoms with Crippen molar-refractivity contribution in [3.8, 4) is 0 Å². The van der Waals surface area contributed by atoms with Gasteiger partial charge in [-0.3, -0.25) is 9.89 Å². The lowest BCUT2D eigenvalue weighted by Crippen LogP contribution is -2.13. The molecule has 1 amide bonds. The Kier molecular flexibility index (Phi) is 1.60. The second-order valence-corrected chi connectivity index (χ2v) is 3.10. The average molecular weight is 165 g/mol.